The SMILES string of the molecule is CC(C)c1ccccc1/N=C1\SCC(=O)N1/N=C/c1ccc(C(=N)/N=C\Nc2ccc(OC(F)(F)F)cc2)cc1. The molecule has 3 aromatic rings. The molecule has 1 amide bonds. The highest BCUT2D eigenvalue weighted by molar-refractivity contribution is 8.15. The minimum atomic E-state index is -4.76. The number of anilines is 1. The lowest BCUT2D eigenvalue weighted by atomic mass is 10.0. The molecular weight excluding hydrogens is 541 g/mol. The van der Waals surface area contributed by atoms with Crippen molar-refractivity contribution < 1.29 is 22.7 Å². The number of nitrogens with zero attached hydrogens (tertiary/aromatic N) is 4. The van der Waals surface area contributed by atoms with E-state index >= 15 is 0 Å². The quantitative estimate of drug-likeness (QED) is 0.232. The molecular formula is C28H25F3N6O2S. The third-order valence-electron chi connectivity index (χ3n) is 5.54. The zero-order valence-corrected chi connectivity index (χ0v) is 22.3. The molecule has 0 bridgehead atoms. The lowest BCUT2D eigenvalue weighted by Gasteiger charge is -2.12. The number of carbonyl (C=O) groups excluding carboxylic acids is 1. The molecule has 206 valence electrons. The molecule has 0 aliphatic carbocycles. The zero-order valence-electron chi connectivity index (χ0n) is 21.5. The summed E-state index contributed by atoms with van der Waals surface area (Å²) >= 11 is 1.34. The van der Waals surface area contributed by atoms with Gasteiger partial charge in [0.1, 0.15) is 5.75 Å². The molecule has 12 heteroatoms. The van der Waals surface area contributed by atoms with Crippen LogP contribution in [0.5, 0.6) is 5.75 Å². The molecule has 0 radical (unpaired) electrons. The molecule has 1 aliphatic rings. The van der Waals surface area contributed by atoms with Crippen LogP contribution in [0.2, 0.25) is 0 Å². The number of halogens is 3. The van der Waals surface area contributed by atoms with Crippen molar-refractivity contribution in [2.75, 3.05) is 11.1 Å². The number of aliphatic imine (C=N–C) groups is 2. The summed E-state index contributed by atoms with van der Waals surface area (Å²) in [7, 11) is 0. The largest absolute Gasteiger partial charge is 0.573 e. The number of benzene rings is 3. The molecule has 0 unspecified atom stereocenters. The fraction of sp³-hybridized carbons (Fsp3) is 0.179. The molecule has 0 spiro atoms. The number of ether oxygens (including phenoxy) is 1. The summed E-state index contributed by atoms with van der Waals surface area (Å²) in [6, 6.07) is 19.8. The Bertz CT molecular complexity index is 1450. The van der Waals surface area contributed by atoms with E-state index in [1.165, 1.54) is 47.4 Å². The van der Waals surface area contributed by atoms with Crippen LogP contribution < -0.4 is 10.1 Å². The molecule has 1 aliphatic heterocycles. The molecule has 1 saturated heterocycles. The van der Waals surface area contributed by atoms with Crippen molar-refractivity contribution in [3.63, 3.8) is 0 Å². The average molecular weight is 567 g/mol. The molecule has 4 rings (SSSR count). The van der Waals surface area contributed by atoms with Gasteiger partial charge in [0.15, 0.2) is 11.0 Å². The Morgan fingerprint density at radius 3 is 2.45 bits per heavy atom. The van der Waals surface area contributed by atoms with Gasteiger partial charge in [-0.05, 0) is 47.4 Å². The Morgan fingerprint density at radius 1 is 1.07 bits per heavy atom. The topological polar surface area (TPSA) is 102 Å². The standard InChI is InChI=1S/C28H25F3N6O2S/c1-18(2)23-5-3-4-6-24(23)36-27-37(25(38)16-40-27)35-15-19-7-9-20(10-8-19)26(32)34-17-33-21-11-13-22(14-12-21)39-28(29,30)31/h3-15,17-18H,16H2,1-2H3,(H2,32,33,34)/b35-15+,36-27-. The van der Waals surface area contributed by atoms with Gasteiger partial charge in [-0.15, -0.1) is 13.2 Å². The number of amidine groups is 2. The second-order valence-electron chi connectivity index (χ2n) is 8.79. The van der Waals surface area contributed by atoms with Gasteiger partial charge in [0, 0.05) is 11.3 Å². The number of rotatable bonds is 8. The molecule has 0 aromatic heterocycles. The summed E-state index contributed by atoms with van der Waals surface area (Å²) in [4.78, 5) is 21.2. The third kappa shape index (κ3) is 7.79. The summed E-state index contributed by atoms with van der Waals surface area (Å²) in [5.74, 6) is 0.0137. The molecule has 40 heavy (non-hydrogen) atoms. The van der Waals surface area contributed by atoms with Crippen LogP contribution in [-0.4, -0.2) is 46.6 Å². The maximum atomic E-state index is 12.4. The van der Waals surface area contributed by atoms with Crippen LogP contribution in [0.25, 0.3) is 0 Å². The number of hydrogen-bond acceptors (Lipinski definition) is 6. The maximum absolute atomic E-state index is 12.4. The molecule has 2 N–H and O–H groups in total. The Kier molecular flexibility index (Phi) is 9.00. The van der Waals surface area contributed by atoms with Gasteiger partial charge in [-0.25, -0.2) is 9.98 Å². The van der Waals surface area contributed by atoms with Crippen molar-refractivity contribution in [3.8, 4) is 5.75 Å². The van der Waals surface area contributed by atoms with Crippen molar-refractivity contribution in [1.82, 2.24) is 5.01 Å². The Morgan fingerprint density at radius 2 is 1.77 bits per heavy atom. The highest BCUT2D eigenvalue weighted by Crippen LogP contribution is 2.30. The molecule has 3 aromatic carbocycles. The first-order valence-corrected chi connectivity index (χ1v) is 13.1. The normalized spacial score (nSPS) is 15.1. The second kappa shape index (κ2) is 12.6. The second-order valence-corrected chi connectivity index (χ2v) is 9.73. The van der Waals surface area contributed by atoms with Crippen LogP contribution in [0.3, 0.4) is 0 Å². The Labute approximate surface area is 233 Å². The molecule has 8 nitrogen and oxygen atoms in total. The lowest BCUT2D eigenvalue weighted by Crippen LogP contribution is -2.23. The van der Waals surface area contributed by atoms with Crippen molar-refractivity contribution in [3.05, 3.63) is 89.5 Å². The zero-order chi connectivity index (χ0) is 28.7. The van der Waals surface area contributed by atoms with Gasteiger partial charge in [0.25, 0.3) is 5.91 Å². The van der Waals surface area contributed by atoms with Crippen molar-refractivity contribution in [2.24, 2.45) is 15.1 Å². The van der Waals surface area contributed by atoms with E-state index in [9.17, 15) is 18.0 Å². The van der Waals surface area contributed by atoms with Crippen LogP contribution >= 0.6 is 11.8 Å². The summed E-state index contributed by atoms with van der Waals surface area (Å²) in [5, 5.41) is 17.1. The van der Waals surface area contributed by atoms with Crippen LogP contribution in [-0.2, 0) is 4.79 Å². The predicted octanol–water partition coefficient (Wildman–Crippen LogP) is 6.77. The fourth-order valence-corrected chi connectivity index (χ4v) is 4.39. The number of nitrogens with one attached hydrogen (secondary N) is 2. The van der Waals surface area contributed by atoms with E-state index in [1.807, 2.05) is 24.3 Å². The van der Waals surface area contributed by atoms with Gasteiger partial charge in [0.2, 0.25) is 0 Å². The first-order chi connectivity index (χ1) is 19.1. The first kappa shape index (κ1) is 28.6. The summed E-state index contributed by atoms with van der Waals surface area (Å²) < 4.78 is 40.6. The van der Waals surface area contributed by atoms with Crippen LogP contribution in [0.4, 0.5) is 24.5 Å². The van der Waals surface area contributed by atoms with E-state index in [-0.39, 0.29) is 29.2 Å². The molecule has 1 heterocycles. The van der Waals surface area contributed by atoms with Gasteiger partial charge in [-0.1, -0.05) is 68.1 Å². The fourth-order valence-electron chi connectivity index (χ4n) is 3.58. The van der Waals surface area contributed by atoms with Crippen molar-refractivity contribution in [2.45, 2.75) is 26.1 Å². The van der Waals surface area contributed by atoms with E-state index in [2.05, 4.69) is 34.0 Å². The highest BCUT2D eigenvalue weighted by atomic mass is 32.2. The van der Waals surface area contributed by atoms with E-state index in [4.69, 9.17) is 10.4 Å². The Hall–Kier alpha value is -4.45. The average Bonchev–Trinajstić information content (AvgIpc) is 3.26. The van der Waals surface area contributed by atoms with Crippen molar-refractivity contribution >= 4 is 52.6 Å². The monoisotopic (exact) mass is 566 g/mol. The minimum Gasteiger partial charge on any atom is -0.406 e. The predicted molar refractivity (Wildman–Crippen MR) is 153 cm³/mol. The third-order valence-corrected chi connectivity index (χ3v) is 6.45. The Balaban J connectivity index is 1.37. The first-order valence-electron chi connectivity index (χ1n) is 12.1. The number of amides is 1. The number of para-hydroxylation sites is 1. The number of thioether (sulfide) groups is 1. The van der Waals surface area contributed by atoms with Gasteiger partial charge in [-0.2, -0.15) is 10.1 Å². The van der Waals surface area contributed by atoms with E-state index in [0.717, 1.165) is 11.3 Å². The number of hydrogen-bond donors (Lipinski definition) is 2. The molecule has 1 fully saturated rings. The number of carbonyl (C=O) groups is 1. The van der Waals surface area contributed by atoms with Crippen molar-refractivity contribution in [1.29, 1.82) is 5.41 Å². The summed E-state index contributed by atoms with van der Waals surface area (Å²) in [6.07, 6.45) is -1.93. The lowest BCUT2D eigenvalue weighted by molar-refractivity contribution is -0.274. The van der Waals surface area contributed by atoms with Gasteiger partial charge < -0.3 is 10.1 Å². The molecule has 0 saturated carbocycles. The number of alkyl halides is 3. The van der Waals surface area contributed by atoms with Crippen LogP contribution in [0.15, 0.2) is 87.9 Å². The summed E-state index contributed by atoms with van der Waals surface area (Å²) in [5.41, 5.74) is 3.61. The van der Waals surface area contributed by atoms with Gasteiger partial charge >= 0.3 is 6.36 Å². The maximum Gasteiger partial charge on any atom is 0.573 e. The smallest absolute Gasteiger partial charge is 0.406 e. The van der Waals surface area contributed by atoms with Crippen LogP contribution in [0.1, 0.15) is 36.5 Å². The molecule has 0 atom stereocenters. The highest BCUT2D eigenvalue weighted by Gasteiger charge is 2.31. The summed E-state index contributed by atoms with van der Waals surface area (Å²) in [6.45, 7) is 4.18. The van der Waals surface area contributed by atoms with Gasteiger partial charge in [-0.3, -0.25) is 10.2 Å². The van der Waals surface area contributed by atoms with E-state index in [1.54, 1.807) is 30.5 Å². The van der Waals surface area contributed by atoms with E-state index in [0.29, 0.717) is 22.0 Å². The minimum absolute atomic E-state index is 0.0302. The number of hydrazone groups is 1. The van der Waals surface area contributed by atoms with Crippen LogP contribution in [0, 0.1) is 5.41 Å². The van der Waals surface area contributed by atoms with Gasteiger partial charge in [0.05, 0.1) is 24.0 Å². The van der Waals surface area contributed by atoms with E-state index < -0.39 is 6.36 Å².